The average molecular weight is 913 g/mol. The van der Waals surface area contributed by atoms with Gasteiger partial charge in [-0.05, 0) is 96.4 Å². The van der Waals surface area contributed by atoms with Gasteiger partial charge in [0, 0.05) is 59.4 Å². The third-order valence-corrected chi connectivity index (χ3v) is 12.8. The van der Waals surface area contributed by atoms with Crippen LogP contribution in [-0.2, 0) is 40.2 Å². The van der Waals surface area contributed by atoms with Crippen molar-refractivity contribution < 1.29 is 31.9 Å². The van der Waals surface area contributed by atoms with Crippen molar-refractivity contribution in [1.29, 1.82) is 0 Å². The maximum absolute atomic E-state index is 12.3. The number of fused-ring (bicyclic) bond motifs is 5. The summed E-state index contributed by atoms with van der Waals surface area (Å²) in [6.07, 6.45) is 0. The van der Waals surface area contributed by atoms with Crippen molar-refractivity contribution in [2.45, 2.75) is 39.3 Å². The Morgan fingerprint density at radius 2 is 0.896 bits per heavy atom. The number of hydrogen-bond acceptors (Lipinski definition) is 4. The molecule has 0 atom stereocenters. The van der Waals surface area contributed by atoms with Crippen LogP contribution in [0, 0.1) is 27.7 Å². The molecule has 0 unspecified atom stereocenters. The zero-order valence-electron chi connectivity index (χ0n) is 39.4. The fraction of sp³-hybridized carbons (Fsp3) is 0.161. The van der Waals surface area contributed by atoms with Crippen molar-refractivity contribution in [2.24, 2.45) is 0 Å². The summed E-state index contributed by atoms with van der Waals surface area (Å²) in [5.41, 5.74) is 13.3. The summed E-state index contributed by atoms with van der Waals surface area (Å²) in [5.74, 6) is 0.647. The van der Waals surface area contributed by atoms with Crippen molar-refractivity contribution in [1.82, 2.24) is 9.80 Å². The van der Waals surface area contributed by atoms with Gasteiger partial charge in [-0.1, -0.05) is 133 Å². The number of phenolic OH excluding ortho intramolecular Hbond substituents is 2. The van der Waals surface area contributed by atoms with Gasteiger partial charge >= 0.3 is 21.7 Å². The monoisotopic (exact) mass is 912 g/mol. The summed E-state index contributed by atoms with van der Waals surface area (Å²) >= 11 is 0. The van der Waals surface area contributed by atoms with Crippen LogP contribution >= 0.6 is 0 Å². The largest absolute Gasteiger partial charge is 3.00 e. The van der Waals surface area contributed by atoms with Gasteiger partial charge in [0.25, 0.3) is 0 Å². The smallest absolute Gasteiger partial charge is 0.507 e. The fourth-order valence-corrected chi connectivity index (χ4v) is 9.56. The maximum Gasteiger partial charge on any atom is 3.00 e. The Labute approximate surface area is 413 Å². The Morgan fingerprint density at radius 3 is 1.37 bits per heavy atom. The van der Waals surface area contributed by atoms with Crippen LogP contribution in [0.3, 0.4) is 0 Å². The van der Waals surface area contributed by atoms with E-state index in [0.29, 0.717) is 24.6 Å². The summed E-state index contributed by atoms with van der Waals surface area (Å²) < 4.78 is 0. The zero-order valence-corrected chi connectivity index (χ0v) is 41.0. The molecule has 333 valence electrons. The molecule has 9 aromatic carbocycles. The van der Waals surface area contributed by atoms with Gasteiger partial charge in [0.2, 0.25) is 0 Å². The van der Waals surface area contributed by atoms with Gasteiger partial charge in [0.05, 0.1) is 0 Å². The molecule has 0 spiro atoms. The maximum atomic E-state index is 12.3. The van der Waals surface area contributed by atoms with Crippen LogP contribution in [0.15, 0.2) is 188 Å². The van der Waals surface area contributed by atoms with E-state index >= 15 is 0 Å². The van der Waals surface area contributed by atoms with Crippen molar-refractivity contribution in [3.05, 3.63) is 252 Å². The second kappa shape index (κ2) is 21.4. The van der Waals surface area contributed by atoms with E-state index in [9.17, 15) is 10.2 Å². The summed E-state index contributed by atoms with van der Waals surface area (Å²) in [6.45, 7) is 16.6. The van der Waals surface area contributed by atoms with E-state index in [4.69, 9.17) is 0 Å². The van der Waals surface area contributed by atoms with Crippen LogP contribution < -0.4 is 0 Å². The molecule has 5 heteroatoms. The van der Waals surface area contributed by atoms with Crippen LogP contribution in [0.2, 0.25) is 0 Å². The SMILES string of the molecule is Cc1cc(CN(CCN(C)C)Cc2cc(C)cc(C3(C)c4ccccc4-c4ccccc43)c2O)c(O)c(-c2c3ccccc3cc3ccccc23)c1.[CH2-]c1ccccc1.[CH2-]c1ccccc1.[Ti+3]. The Kier molecular flexibility index (Phi) is 15.5. The molecular weight excluding hydrogens is 853 g/mol. The minimum Gasteiger partial charge on any atom is -0.507 e. The van der Waals surface area contributed by atoms with Crippen LogP contribution in [0.1, 0.15) is 57.0 Å². The summed E-state index contributed by atoms with van der Waals surface area (Å²) in [6, 6.07) is 64.6. The summed E-state index contributed by atoms with van der Waals surface area (Å²) in [5, 5.41) is 29.0. The second-order valence-corrected chi connectivity index (χ2v) is 18.0. The van der Waals surface area contributed by atoms with E-state index < -0.39 is 5.41 Å². The van der Waals surface area contributed by atoms with Gasteiger partial charge in [-0.25, -0.2) is 0 Å². The Balaban J connectivity index is 0.000000380. The molecule has 0 bridgehead atoms. The number of aromatic hydroxyl groups is 2. The molecule has 0 saturated carbocycles. The van der Waals surface area contributed by atoms with Crippen LogP contribution in [0.5, 0.6) is 11.5 Å². The number of rotatable bonds is 9. The molecule has 4 nitrogen and oxygen atoms in total. The van der Waals surface area contributed by atoms with E-state index in [1.807, 2.05) is 60.7 Å². The number of nitrogens with zero attached hydrogens (tertiary/aromatic N) is 2. The van der Waals surface area contributed by atoms with Crippen LogP contribution in [0.25, 0.3) is 43.8 Å². The minimum absolute atomic E-state index is 0. The number of likely N-dealkylation sites (N-methyl/N-ethyl adjacent to an activating group) is 1. The quantitative estimate of drug-likeness (QED) is 0.0860. The first-order valence-electron chi connectivity index (χ1n) is 22.8. The van der Waals surface area contributed by atoms with Gasteiger partial charge in [-0.15, -0.1) is 24.3 Å². The molecule has 0 heterocycles. The molecule has 9 aromatic rings. The predicted molar refractivity (Wildman–Crippen MR) is 278 cm³/mol. The first-order chi connectivity index (χ1) is 31.9. The summed E-state index contributed by atoms with van der Waals surface area (Å²) in [4.78, 5) is 4.54. The van der Waals surface area contributed by atoms with E-state index in [1.54, 1.807) is 0 Å². The Hall–Kier alpha value is -6.53. The third-order valence-electron chi connectivity index (χ3n) is 12.8. The van der Waals surface area contributed by atoms with Crippen molar-refractivity contribution in [2.75, 3.05) is 27.2 Å². The topological polar surface area (TPSA) is 46.9 Å². The summed E-state index contributed by atoms with van der Waals surface area (Å²) in [7, 11) is 4.17. The van der Waals surface area contributed by atoms with E-state index in [2.05, 4.69) is 186 Å². The molecule has 1 aliphatic carbocycles. The number of aryl methyl sites for hydroxylation is 2. The second-order valence-electron chi connectivity index (χ2n) is 18.0. The fourth-order valence-electron chi connectivity index (χ4n) is 9.56. The minimum atomic E-state index is -0.503. The molecule has 1 aliphatic rings. The van der Waals surface area contributed by atoms with Gasteiger partial charge in [-0.3, -0.25) is 4.90 Å². The molecule has 10 rings (SSSR count). The third kappa shape index (κ3) is 10.5. The number of phenols is 2. The van der Waals surface area contributed by atoms with Crippen LogP contribution in [0.4, 0.5) is 0 Å². The molecular formula is C62H60N2O2Ti+. The molecule has 0 aliphatic heterocycles. The van der Waals surface area contributed by atoms with Crippen LogP contribution in [-0.4, -0.2) is 47.2 Å². The first kappa shape index (κ1) is 48.4. The van der Waals surface area contributed by atoms with E-state index in [1.165, 1.54) is 22.3 Å². The Bertz CT molecular complexity index is 2970. The molecule has 0 saturated heterocycles. The molecule has 0 amide bonds. The standard InChI is InChI=1S/C48H46N2O2.2C7H7.Ti/c1-31-24-35(46(51)41(26-31)45-37-16-8-6-14-33(37)28-34-15-7-9-17-38(34)45)29-50(23-22-49(4)5)30-36-25-32(2)27-44(47(36)52)48(3)42-20-12-10-18-39(42)40-19-11-13-21-43(40)48;2*1-7-5-3-2-4-6-7;/h6-21,24-28,51-52H,22-23,29-30H2,1-5H3;2*2-6H,1H2;/q;2*-1;+3. The molecule has 0 fully saturated rings. The number of benzene rings is 9. The molecule has 0 aromatic heterocycles. The number of hydrogen-bond donors (Lipinski definition) is 2. The molecule has 1 radical (unpaired) electrons. The van der Waals surface area contributed by atoms with Crippen molar-refractivity contribution >= 4 is 21.5 Å². The average Bonchev–Trinajstić information content (AvgIpc) is 3.58. The van der Waals surface area contributed by atoms with Crippen molar-refractivity contribution in [3.8, 4) is 33.8 Å². The first-order valence-corrected chi connectivity index (χ1v) is 22.8. The predicted octanol–water partition coefficient (Wildman–Crippen LogP) is 14.3. The van der Waals surface area contributed by atoms with Gasteiger partial charge < -0.3 is 15.1 Å². The van der Waals surface area contributed by atoms with Crippen molar-refractivity contribution in [3.63, 3.8) is 0 Å². The van der Waals surface area contributed by atoms with Gasteiger partial charge in [-0.2, -0.15) is 49.2 Å². The molecule has 67 heavy (non-hydrogen) atoms. The zero-order chi connectivity index (χ0) is 46.4. The van der Waals surface area contributed by atoms with Gasteiger partial charge in [0.15, 0.2) is 0 Å². The van der Waals surface area contributed by atoms with E-state index in [0.717, 1.165) is 84.7 Å². The Morgan fingerprint density at radius 1 is 0.463 bits per heavy atom. The normalized spacial score (nSPS) is 12.1. The molecule has 2 N–H and O–H groups in total. The van der Waals surface area contributed by atoms with Gasteiger partial charge in [0.1, 0.15) is 11.5 Å². The van der Waals surface area contributed by atoms with E-state index in [-0.39, 0.29) is 21.7 Å².